The van der Waals surface area contributed by atoms with Crippen molar-refractivity contribution in [2.45, 2.75) is 26.3 Å². The number of thioether (sulfide) groups is 1. The molecule has 0 radical (unpaired) electrons. The van der Waals surface area contributed by atoms with Crippen LogP contribution in [0.1, 0.15) is 30.2 Å². The number of rotatable bonds is 6. The van der Waals surface area contributed by atoms with E-state index in [0.29, 0.717) is 0 Å². The fourth-order valence-electron chi connectivity index (χ4n) is 2.45. The second kappa shape index (κ2) is 6.95. The van der Waals surface area contributed by atoms with Crippen LogP contribution in [0.15, 0.2) is 36.9 Å². The summed E-state index contributed by atoms with van der Waals surface area (Å²) < 4.78 is 3.74. The van der Waals surface area contributed by atoms with E-state index >= 15 is 0 Å². The number of nitrogens with zero attached hydrogens (tertiary/aromatic N) is 6. The second-order valence-electron chi connectivity index (χ2n) is 5.38. The third-order valence-corrected chi connectivity index (χ3v) is 4.37. The van der Waals surface area contributed by atoms with E-state index < -0.39 is 0 Å². The van der Waals surface area contributed by atoms with Crippen LogP contribution in [0.3, 0.4) is 0 Å². The number of benzene rings is 1. The van der Waals surface area contributed by atoms with Crippen LogP contribution in [-0.2, 0) is 6.42 Å². The van der Waals surface area contributed by atoms with Gasteiger partial charge >= 0.3 is 0 Å². The van der Waals surface area contributed by atoms with E-state index in [4.69, 9.17) is 10.1 Å². The van der Waals surface area contributed by atoms with Crippen molar-refractivity contribution in [3.63, 3.8) is 0 Å². The predicted octanol–water partition coefficient (Wildman–Crippen LogP) is 2.68. The molecule has 0 spiro atoms. The van der Waals surface area contributed by atoms with Gasteiger partial charge in [-0.05, 0) is 31.7 Å². The zero-order valence-corrected chi connectivity index (χ0v) is 14.4. The van der Waals surface area contributed by atoms with E-state index in [9.17, 15) is 0 Å². The van der Waals surface area contributed by atoms with E-state index in [-0.39, 0.29) is 6.04 Å². The molecule has 7 heteroatoms. The minimum absolute atomic E-state index is 0.0346. The van der Waals surface area contributed by atoms with Crippen LogP contribution in [0.4, 0.5) is 0 Å². The molecule has 1 aromatic carbocycles. The summed E-state index contributed by atoms with van der Waals surface area (Å²) in [5.41, 5.74) is 2.22. The zero-order chi connectivity index (χ0) is 16.2. The molecule has 2 heterocycles. The minimum Gasteiger partial charge on any atom is -0.243 e. The Balaban J connectivity index is 2.06. The van der Waals surface area contributed by atoms with Crippen molar-refractivity contribution in [2.24, 2.45) is 0 Å². The highest BCUT2D eigenvalue weighted by atomic mass is 32.2. The molecular formula is C16H20N6S. The van der Waals surface area contributed by atoms with Crippen molar-refractivity contribution >= 4 is 11.8 Å². The number of para-hydroxylation sites is 1. The van der Waals surface area contributed by atoms with Gasteiger partial charge in [-0.1, -0.05) is 18.2 Å². The molecule has 120 valence electrons. The van der Waals surface area contributed by atoms with Crippen molar-refractivity contribution in [1.29, 1.82) is 0 Å². The molecule has 3 rings (SSSR count). The second-order valence-corrected chi connectivity index (χ2v) is 6.36. The average molecular weight is 328 g/mol. The summed E-state index contributed by atoms with van der Waals surface area (Å²) in [4.78, 5) is 8.81. The molecule has 0 saturated heterocycles. The molecule has 23 heavy (non-hydrogen) atoms. The zero-order valence-electron chi connectivity index (χ0n) is 13.5. The monoisotopic (exact) mass is 328 g/mol. The van der Waals surface area contributed by atoms with Crippen molar-refractivity contribution in [3.05, 3.63) is 54.1 Å². The first-order valence-electron chi connectivity index (χ1n) is 7.55. The fraction of sp³-hybridized carbons (Fsp3) is 0.375. The summed E-state index contributed by atoms with van der Waals surface area (Å²) >= 11 is 1.80. The van der Waals surface area contributed by atoms with Crippen LogP contribution in [0.5, 0.6) is 0 Å². The maximum Gasteiger partial charge on any atom is 0.157 e. The highest BCUT2D eigenvalue weighted by molar-refractivity contribution is 7.98. The maximum absolute atomic E-state index is 4.77. The summed E-state index contributed by atoms with van der Waals surface area (Å²) in [5.74, 6) is 2.75. The first kappa shape index (κ1) is 15.7. The number of hydrogen-bond acceptors (Lipinski definition) is 5. The lowest BCUT2D eigenvalue weighted by molar-refractivity contribution is 0.521. The lowest BCUT2D eigenvalue weighted by Crippen LogP contribution is -2.14. The highest BCUT2D eigenvalue weighted by Gasteiger charge is 2.20. The molecule has 1 unspecified atom stereocenters. The summed E-state index contributed by atoms with van der Waals surface area (Å²) in [6.07, 6.45) is 6.21. The van der Waals surface area contributed by atoms with Crippen LogP contribution in [-0.4, -0.2) is 41.5 Å². The molecule has 0 aliphatic carbocycles. The van der Waals surface area contributed by atoms with Gasteiger partial charge in [-0.2, -0.15) is 22.0 Å². The molecule has 0 aliphatic heterocycles. The highest BCUT2D eigenvalue weighted by Crippen LogP contribution is 2.21. The maximum atomic E-state index is 4.77. The lowest BCUT2D eigenvalue weighted by Gasteiger charge is -2.13. The van der Waals surface area contributed by atoms with E-state index in [0.717, 1.165) is 29.5 Å². The summed E-state index contributed by atoms with van der Waals surface area (Å²) in [6.45, 7) is 4.15. The first-order valence-corrected chi connectivity index (χ1v) is 8.95. The Morgan fingerprint density at radius 1 is 1.26 bits per heavy atom. The average Bonchev–Trinajstić information content (AvgIpc) is 3.22. The van der Waals surface area contributed by atoms with Crippen LogP contribution in [0, 0.1) is 6.92 Å². The van der Waals surface area contributed by atoms with Crippen molar-refractivity contribution in [3.8, 4) is 5.69 Å². The standard InChI is InChI=1S/C16H20N6S/c1-12-6-4-5-7-14(12)22-16(13(2)21-11-17-10-18-21)19-15(20-22)8-9-23-3/h4-7,10-11,13H,8-9H2,1-3H3. The Morgan fingerprint density at radius 2 is 2.09 bits per heavy atom. The largest absolute Gasteiger partial charge is 0.243 e. The molecule has 0 saturated carbocycles. The van der Waals surface area contributed by atoms with Crippen LogP contribution in [0.25, 0.3) is 5.69 Å². The first-order chi connectivity index (χ1) is 11.2. The Hall–Kier alpha value is -2.15. The third-order valence-electron chi connectivity index (χ3n) is 3.76. The Kier molecular flexibility index (Phi) is 4.76. The van der Waals surface area contributed by atoms with E-state index in [1.807, 2.05) is 16.8 Å². The number of aromatic nitrogens is 6. The molecular weight excluding hydrogens is 308 g/mol. The van der Waals surface area contributed by atoms with Gasteiger partial charge in [0.1, 0.15) is 18.7 Å². The van der Waals surface area contributed by atoms with Gasteiger partial charge in [-0.3, -0.25) is 0 Å². The molecule has 0 bridgehead atoms. The SMILES string of the molecule is CSCCc1nc(C(C)n2cncn2)n(-c2ccccc2C)n1. The van der Waals surface area contributed by atoms with Crippen LogP contribution < -0.4 is 0 Å². The smallest absolute Gasteiger partial charge is 0.157 e. The predicted molar refractivity (Wildman–Crippen MR) is 92.0 cm³/mol. The molecule has 0 fully saturated rings. The lowest BCUT2D eigenvalue weighted by atomic mass is 10.2. The number of aryl methyl sites for hydroxylation is 2. The van der Waals surface area contributed by atoms with Crippen molar-refractivity contribution < 1.29 is 0 Å². The van der Waals surface area contributed by atoms with Gasteiger partial charge in [0.2, 0.25) is 0 Å². The topological polar surface area (TPSA) is 61.4 Å². The third kappa shape index (κ3) is 3.29. The quantitative estimate of drug-likeness (QED) is 0.696. The van der Waals surface area contributed by atoms with Crippen LogP contribution in [0.2, 0.25) is 0 Å². The number of hydrogen-bond donors (Lipinski definition) is 0. The molecule has 0 aliphatic rings. The summed E-state index contributed by atoms with van der Waals surface area (Å²) in [7, 11) is 0. The minimum atomic E-state index is -0.0346. The van der Waals surface area contributed by atoms with Gasteiger partial charge in [0.25, 0.3) is 0 Å². The van der Waals surface area contributed by atoms with E-state index in [1.54, 1.807) is 29.1 Å². The van der Waals surface area contributed by atoms with Gasteiger partial charge in [0, 0.05) is 12.2 Å². The van der Waals surface area contributed by atoms with Gasteiger partial charge in [-0.25, -0.2) is 19.3 Å². The van der Waals surface area contributed by atoms with E-state index in [1.165, 1.54) is 5.56 Å². The van der Waals surface area contributed by atoms with Crippen LogP contribution >= 0.6 is 11.8 Å². The van der Waals surface area contributed by atoms with Crippen molar-refractivity contribution in [1.82, 2.24) is 29.5 Å². The fourth-order valence-corrected chi connectivity index (χ4v) is 2.84. The van der Waals surface area contributed by atoms with Gasteiger partial charge < -0.3 is 0 Å². The van der Waals surface area contributed by atoms with Gasteiger partial charge in [-0.15, -0.1) is 0 Å². The molecule has 2 aromatic heterocycles. The molecule has 1 atom stereocenters. The molecule has 6 nitrogen and oxygen atoms in total. The Bertz CT molecular complexity index is 765. The van der Waals surface area contributed by atoms with Gasteiger partial charge in [0.05, 0.1) is 5.69 Å². The summed E-state index contributed by atoms with van der Waals surface area (Å²) in [6, 6.07) is 8.18. The Morgan fingerprint density at radius 3 is 2.78 bits per heavy atom. The molecule has 3 aromatic rings. The van der Waals surface area contributed by atoms with Gasteiger partial charge in [0.15, 0.2) is 11.6 Å². The summed E-state index contributed by atoms with van der Waals surface area (Å²) in [5, 5.41) is 8.98. The normalized spacial score (nSPS) is 12.5. The molecule has 0 N–H and O–H groups in total. The molecule has 0 amide bonds. The Labute approximate surface area is 140 Å². The van der Waals surface area contributed by atoms with Crippen molar-refractivity contribution in [2.75, 3.05) is 12.0 Å². The van der Waals surface area contributed by atoms with E-state index in [2.05, 4.69) is 42.3 Å².